The molecule has 0 saturated heterocycles. The van der Waals surface area contributed by atoms with Crippen molar-refractivity contribution in [2.24, 2.45) is 5.92 Å². The number of benzene rings is 1. The Kier molecular flexibility index (Phi) is 6.03. The van der Waals surface area contributed by atoms with E-state index < -0.39 is 18.0 Å². The molecular weight excluding hydrogens is 256 g/mol. The maximum Gasteiger partial charge on any atom is 0.315 e. The summed E-state index contributed by atoms with van der Waals surface area (Å²) in [5.74, 6) is -1.44. The number of carboxylic acid groups (broad SMARTS) is 1. The molecule has 0 aliphatic carbocycles. The number of urea groups is 1. The molecule has 1 rings (SSSR count). The lowest BCUT2D eigenvalue weighted by molar-refractivity contribution is -0.309. The fourth-order valence-electron chi connectivity index (χ4n) is 1.75. The van der Waals surface area contributed by atoms with Crippen molar-refractivity contribution in [3.05, 3.63) is 35.4 Å². The van der Waals surface area contributed by atoms with Gasteiger partial charge in [-0.2, -0.15) is 0 Å². The second kappa shape index (κ2) is 7.53. The zero-order chi connectivity index (χ0) is 15.1. The molecule has 0 radical (unpaired) electrons. The summed E-state index contributed by atoms with van der Waals surface area (Å²) in [6.45, 7) is 5.97. The van der Waals surface area contributed by atoms with Crippen molar-refractivity contribution in [3.8, 4) is 0 Å². The predicted octanol–water partition coefficient (Wildman–Crippen LogP) is 0.959. The Morgan fingerprint density at radius 2 is 1.85 bits per heavy atom. The Balaban J connectivity index is 2.49. The van der Waals surface area contributed by atoms with Crippen molar-refractivity contribution in [2.45, 2.75) is 39.8 Å². The molecule has 1 aromatic carbocycles. The fraction of sp³-hybridized carbons (Fsp3) is 0.467. The van der Waals surface area contributed by atoms with E-state index >= 15 is 0 Å². The van der Waals surface area contributed by atoms with Crippen LogP contribution in [0.1, 0.15) is 31.4 Å². The highest BCUT2D eigenvalue weighted by Gasteiger charge is 2.19. The first kappa shape index (κ1) is 16.0. The third kappa shape index (κ3) is 4.91. The van der Waals surface area contributed by atoms with E-state index in [0.717, 1.165) is 11.1 Å². The number of rotatable bonds is 6. The van der Waals surface area contributed by atoms with E-state index in [-0.39, 0.29) is 5.92 Å². The largest absolute Gasteiger partial charge is 0.548 e. The van der Waals surface area contributed by atoms with Crippen LogP contribution in [0.5, 0.6) is 0 Å². The number of hydrogen-bond donors (Lipinski definition) is 2. The molecule has 0 unspecified atom stereocenters. The molecule has 0 aromatic heterocycles. The van der Waals surface area contributed by atoms with Gasteiger partial charge in [0.15, 0.2) is 0 Å². The first-order valence-electron chi connectivity index (χ1n) is 6.74. The van der Waals surface area contributed by atoms with Crippen molar-refractivity contribution < 1.29 is 14.7 Å². The van der Waals surface area contributed by atoms with Gasteiger partial charge in [0, 0.05) is 6.54 Å². The highest BCUT2D eigenvalue weighted by molar-refractivity contribution is 5.81. The van der Waals surface area contributed by atoms with Gasteiger partial charge in [-0.25, -0.2) is 4.79 Å². The van der Waals surface area contributed by atoms with Gasteiger partial charge >= 0.3 is 6.03 Å². The Morgan fingerprint density at radius 1 is 1.25 bits per heavy atom. The van der Waals surface area contributed by atoms with Gasteiger partial charge in [-0.05, 0) is 18.4 Å². The minimum absolute atomic E-state index is 0.176. The second-order valence-electron chi connectivity index (χ2n) is 4.99. The van der Waals surface area contributed by atoms with E-state index in [1.807, 2.05) is 38.1 Å². The van der Waals surface area contributed by atoms with Crippen LogP contribution in [0.3, 0.4) is 0 Å². The van der Waals surface area contributed by atoms with E-state index in [0.29, 0.717) is 13.0 Å². The number of carboxylic acids is 1. The molecule has 5 heteroatoms. The Bertz CT molecular complexity index is 457. The summed E-state index contributed by atoms with van der Waals surface area (Å²) in [7, 11) is 0. The minimum atomic E-state index is -1.26. The monoisotopic (exact) mass is 277 g/mol. The quantitative estimate of drug-likeness (QED) is 0.812. The number of aliphatic carboxylic acids is 1. The summed E-state index contributed by atoms with van der Waals surface area (Å²) in [5.41, 5.74) is 2.10. The molecule has 0 spiro atoms. The highest BCUT2D eigenvalue weighted by Crippen LogP contribution is 2.07. The van der Waals surface area contributed by atoms with Crippen LogP contribution in [0, 0.1) is 12.8 Å². The lowest BCUT2D eigenvalue weighted by Crippen LogP contribution is -2.53. The molecule has 2 amide bonds. The molecule has 20 heavy (non-hydrogen) atoms. The van der Waals surface area contributed by atoms with Crippen LogP contribution in [0.15, 0.2) is 24.3 Å². The van der Waals surface area contributed by atoms with Gasteiger partial charge in [0.25, 0.3) is 0 Å². The summed E-state index contributed by atoms with van der Waals surface area (Å²) in [6.07, 6.45) is 0.650. The van der Waals surface area contributed by atoms with E-state index in [9.17, 15) is 14.7 Å². The van der Waals surface area contributed by atoms with E-state index in [1.54, 1.807) is 6.92 Å². The second-order valence-corrected chi connectivity index (χ2v) is 4.99. The molecule has 0 saturated carbocycles. The van der Waals surface area contributed by atoms with Crippen LogP contribution in [-0.2, 0) is 11.3 Å². The van der Waals surface area contributed by atoms with Crippen molar-refractivity contribution in [3.63, 3.8) is 0 Å². The Hall–Kier alpha value is -2.04. The molecule has 110 valence electrons. The number of carbonyl (C=O) groups excluding carboxylic acids is 2. The fourth-order valence-corrected chi connectivity index (χ4v) is 1.75. The highest BCUT2D eigenvalue weighted by atomic mass is 16.4. The van der Waals surface area contributed by atoms with Gasteiger partial charge in [-0.15, -0.1) is 0 Å². The molecule has 2 atom stereocenters. The first-order valence-corrected chi connectivity index (χ1v) is 6.74. The van der Waals surface area contributed by atoms with Gasteiger partial charge in [0.2, 0.25) is 0 Å². The molecule has 0 fully saturated rings. The van der Waals surface area contributed by atoms with Crippen LogP contribution >= 0.6 is 0 Å². The third-order valence-electron chi connectivity index (χ3n) is 3.33. The van der Waals surface area contributed by atoms with Crippen LogP contribution in [0.4, 0.5) is 4.79 Å². The minimum Gasteiger partial charge on any atom is -0.548 e. The van der Waals surface area contributed by atoms with Crippen LogP contribution in [0.25, 0.3) is 0 Å². The summed E-state index contributed by atoms with van der Waals surface area (Å²) in [5, 5.41) is 16.1. The standard InChI is InChI=1S/C15H22N2O3/c1-4-11(3)13(14(18)19)17-15(20)16-9-12-7-5-10(2)6-8-12/h5-8,11,13H,4,9H2,1-3H3,(H,18,19)(H2,16,17,20)/p-1/t11-,13-/m1/s1. The first-order chi connectivity index (χ1) is 9.43. The average molecular weight is 277 g/mol. The zero-order valence-corrected chi connectivity index (χ0v) is 12.1. The maximum atomic E-state index is 11.7. The lowest BCUT2D eigenvalue weighted by Gasteiger charge is -2.25. The van der Waals surface area contributed by atoms with Gasteiger partial charge in [-0.3, -0.25) is 0 Å². The molecule has 2 N–H and O–H groups in total. The lowest BCUT2D eigenvalue weighted by atomic mass is 9.99. The van der Waals surface area contributed by atoms with Crippen LogP contribution in [0.2, 0.25) is 0 Å². The average Bonchev–Trinajstić information content (AvgIpc) is 2.43. The Morgan fingerprint density at radius 3 is 2.35 bits per heavy atom. The summed E-state index contributed by atoms with van der Waals surface area (Å²) >= 11 is 0. The summed E-state index contributed by atoms with van der Waals surface area (Å²) in [4.78, 5) is 22.7. The molecule has 0 aliphatic rings. The molecule has 0 heterocycles. The molecular formula is C15H21N2O3-. The molecule has 0 aliphatic heterocycles. The van der Waals surface area contributed by atoms with Gasteiger partial charge < -0.3 is 20.5 Å². The van der Waals surface area contributed by atoms with Crippen LogP contribution < -0.4 is 15.7 Å². The number of nitrogens with one attached hydrogen (secondary N) is 2. The number of amides is 2. The van der Waals surface area contributed by atoms with Crippen LogP contribution in [-0.4, -0.2) is 18.0 Å². The van der Waals surface area contributed by atoms with E-state index in [4.69, 9.17) is 0 Å². The number of aryl methyl sites for hydroxylation is 1. The molecule has 5 nitrogen and oxygen atoms in total. The van der Waals surface area contributed by atoms with Gasteiger partial charge in [0.05, 0.1) is 12.0 Å². The molecule has 0 bridgehead atoms. The van der Waals surface area contributed by atoms with E-state index in [1.165, 1.54) is 0 Å². The predicted molar refractivity (Wildman–Crippen MR) is 74.8 cm³/mol. The van der Waals surface area contributed by atoms with Crippen molar-refractivity contribution >= 4 is 12.0 Å². The molecule has 1 aromatic rings. The van der Waals surface area contributed by atoms with E-state index in [2.05, 4.69) is 10.6 Å². The maximum absolute atomic E-state index is 11.7. The SMILES string of the molecule is CC[C@@H](C)[C@@H](NC(=O)NCc1ccc(C)cc1)C(=O)[O-]. The number of carbonyl (C=O) groups is 2. The Labute approximate surface area is 119 Å². The van der Waals surface area contributed by atoms with Gasteiger partial charge in [0.1, 0.15) is 0 Å². The van der Waals surface area contributed by atoms with Crippen molar-refractivity contribution in [2.75, 3.05) is 0 Å². The van der Waals surface area contributed by atoms with Crippen molar-refractivity contribution in [1.82, 2.24) is 10.6 Å². The summed E-state index contributed by atoms with van der Waals surface area (Å²) < 4.78 is 0. The zero-order valence-electron chi connectivity index (χ0n) is 12.1. The third-order valence-corrected chi connectivity index (χ3v) is 3.33. The normalized spacial score (nSPS) is 13.3. The number of hydrogen-bond acceptors (Lipinski definition) is 3. The summed E-state index contributed by atoms with van der Waals surface area (Å²) in [6, 6.07) is 6.27. The van der Waals surface area contributed by atoms with Gasteiger partial charge in [-0.1, -0.05) is 50.1 Å². The smallest absolute Gasteiger partial charge is 0.315 e. The topological polar surface area (TPSA) is 81.3 Å². The van der Waals surface area contributed by atoms with Crippen molar-refractivity contribution in [1.29, 1.82) is 0 Å².